The van der Waals surface area contributed by atoms with E-state index in [0.29, 0.717) is 0 Å². The fourth-order valence-corrected chi connectivity index (χ4v) is 0. The molecule has 0 spiro atoms. The topological polar surface area (TPSA) is 34.1 Å². The van der Waals surface area contributed by atoms with Gasteiger partial charge >= 0.3 is 9.29 Å². The van der Waals surface area contributed by atoms with Crippen LogP contribution in [0.5, 0.6) is 0 Å². The van der Waals surface area contributed by atoms with Crippen LogP contribution in [-0.2, 0) is 42.5 Å². The molecule has 0 aliphatic carbocycles. The van der Waals surface area contributed by atoms with Gasteiger partial charge in [0.05, 0.1) is 0 Å². The third-order valence-electron chi connectivity index (χ3n) is 0. The normalized spacial score (nSPS) is 1.60. The summed E-state index contributed by atoms with van der Waals surface area (Å²) in [5.41, 5.74) is 0. The first-order valence-electron chi connectivity index (χ1n) is 0.408. The smallest absolute Gasteiger partial charge is 0.274 e. The minimum absolute atomic E-state index is 0. The number of hydrogen-bond acceptors (Lipinski definition) is 2. The summed E-state index contributed by atoms with van der Waals surface area (Å²) >= 11 is 0. The van der Waals surface area contributed by atoms with E-state index in [1.165, 1.54) is 0 Å². The minimum Gasteiger partial charge on any atom is -0.274 e. The van der Waals surface area contributed by atoms with Gasteiger partial charge in [0, 0.05) is 33.6 Å². The Balaban J connectivity index is -0.0000000200. The quantitative estimate of drug-likeness (QED) is 0.459. The Morgan fingerprint density at radius 2 is 1.20 bits per heavy atom. The molecule has 5 heteroatoms. The van der Waals surface area contributed by atoms with Crippen molar-refractivity contribution in [1.82, 2.24) is 0 Å². The van der Waals surface area contributed by atoms with Gasteiger partial charge in [-0.1, -0.05) is 0 Å². The van der Waals surface area contributed by atoms with E-state index in [2.05, 4.69) is 0 Å². The van der Waals surface area contributed by atoms with Crippen molar-refractivity contribution in [1.29, 1.82) is 0 Å². The third-order valence-corrected chi connectivity index (χ3v) is 0. The standard InChI is InChI=1S/Fe.Ni.O2Si/c;;1-3-2. The molecule has 2 nitrogen and oxygen atoms in total. The molecule has 0 fully saturated rings. The zero-order valence-corrected chi connectivity index (χ0v) is 5.08. The van der Waals surface area contributed by atoms with Crippen molar-refractivity contribution >= 4 is 9.29 Å². The molecule has 0 unspecified atom stereocenters. The SMILES string of the molecule is O=[Si]=O.[Fe].[Ni]. The van der Waals surface area contributed by atoms with E-state index in [9.17, 15) is 0 Å². The Bertz CT molecular complexity index is 30.6. The Morgan fingerprint density at radius 3 is 1.20 bits per heavy atom. The van der Waals surface area contributed by atoms with E-state index in [0.717, 1.165) is 0 Å². The fraction of sp³-hybridized carbons (Fsp3) is 0. The van der Waals surface area contributed by atoms with Crippen molar-refractivity contribution in [3.8, 4) is 0 Å². The summed E-state index contributed by atoms with van der Waals surface area (Å²) in [6, 6.07) is 0. The van der Waals surface area contributed by atoms with Crippen molar-refractivity contribution in [3.05, 3.63) is 0 Å². The second-order valence-corrected chi connectivity index (χ2v) is 0.250. The minimum atomic E-state index is -1.42. The fourth-order valence-electron chi connectivity index (χ4n) is 0. The van der Waals surface area contributed by atoms with Crippen LogP contribution in [0.25, 0.3) is 0 Å². The van der Waals surface area contributed by atoms with Gasteiger partial charge in [-0.2, -0.15) is 0 Å². The molecule has 0 amide bonds. The van der Waals surface area contributed by atoms with E-state index in [4.69, 9.17) is 8.92 Å². The maximum atomic E-state index is 8.40. The van der Waals surface area contributed by atoms with Crippen molar-refractivity contribution < 1.29 is 42.5 Å². The molecule has 0 saturated carbocycles. The van der Waals surface area contributed by atoms with Gasteiger partial charge < -0.3 is 0 Å². The molecule has 0 rings (SSSR count). The Hall–Kier alpha value is 0.830. The molecule has 0 radical (unpaired) electrons. The van der Waals surface area contributed by atoms with Crippen molar-refractivity contribution in [2.45, 2.75) is 0 Å². The first kappa shape index (κ1) is 17.0. The molecule has 0 aliphatic rings. The van der Waals surface area contributed by atoms with Gasteiger partial charge in [0.1, 0.15) is 0 Å². The number of hydrogen-bond donors (Lipinski definition) is 0. The summed E-state index contributed by atoms with van der Waals surface area (Å²) in [5.74, 6) is 0. The predicted molar refractivity (Wildman–Crippen MR) is 7.13 cm³/mol. The Morgan fingerprint density at radius 1 is 1.20 bits per heavy atom. The molecule has 0 atom stereocenters. The van der Waals surface area contributed by atoms with Crippen LogP contribution in [0.15, 0.2) is 0 Å². The van der Waals surface area contributed by atoms with E-state index in [1.807, 2.05) is 0 Å². The summed E-state index contributed by atoms with van der Waals surface area (Å²) in [4.78, 5) is 0. The summed E-state index contributed by atoms with van der Waals surface area (Å²) < 4.78 is 16.8. The van der Waals surface area contributed by atoms with Crippen LogP contribution in [-0.4, -0.2) is 9.29 Å². The second kappa shape index (κ2) is 21.2. The molecule has 5 heavy (non-hydrogen) atoms. The van der Waals surface area contributed by atoms with Crippen LogP contribution >= 0.6 is 0 Å². The predicted octanol–water partition coefficient (Wildman–Crippen LogP) is -0.623. The molecule has 0 heterocycles. The molecule has 34 valence electrons. The van der Waals surface area contributed by atoms with Gasteiger partial charge in [0.2, 0.25) is 0 Å². The van der Waals surface area contributed by atoms with E-state index in [1.54, 1.807) is 0 Å². The average molecular weight is 175 g/mol. The van der Waals surface area contributed by atoms with Crippen LogP contribution in [0.4, 0.5) is 0 Å². The van der Waals surface area contributed by atoms with Crippen molar-refractivity contribution in [2.24, 2.45) is 0 Å². The molecule has 0 aliphatic heterocycles. The average Bonchev–Trinajstić information content (AvgIpc) is 0.918. The molecule has 0 saturated heterocycles. The van der Waals surface area contributed by atoms with Gasteiger partial charge in [-0.15, -0.1) is 0 Å². The largest absolute Gasteiger partial charge is 0.549 e. The van der Waals surface area contributed by atoms with Gasteiger partial charge in [-0.05, 0) is 0 Å². The van der Waals surface area contributed by atoms with Crippen molar-refractivity contribution in [3.63, 3.8) is 0 Å². The van der Waals surface area contributed by atoms with Crippen LogP contribution in [0.3, 0.4) is 0 Å². The van der Waals surface area contributed by atoms with E-state index in [-0.39, 0.29) is 33.6 Å². The van der Waals surface area contributed by atoms with Gasteiger partial charge in [-0.3, -0.25) is 8.92 Å². The van der Waals surface area contributed by atoms with Gasteiger partial charge in [-0.25, -0.2) is 0 Å². The maximum Gasteiger partial charge on any atom is 0.549 e. The Labute approximate surface area is 52.0 Å². The van der Waals surface area contributed by atoms with Crippen LogP contribution in [0, 0.1) is 0 Å². The van der Waals surface area contributed by atoms with Crippen LogP contribution in [0.1, 0.15) is 0 Å². The molecular weight excluding hydrogens is 175 g/mol. The number of rotatable bonds is 0. The molecule has 0 aromatic heterocycles. The summed E-state index contributed by atoms with van der Waals surface area (Å²) in [6.07, 6.45) is 0. The maximum absolute atomic E-state index is 8.40. The van der Waals surface area contributed by atoms with Crippen molar-refractivity contribution in [2.75, 3.05) is 0 Å². The van der Waals surface area contributed by atoms with Gasteiger partial charge in [0.15, 0.2) is 0 Å². The molecule has 0 aromatic rings. The third kappa shape index (κ3) is 56.2. The zero-order valence-electron chi connectivity index (χ0n) is 1.99. The molecule has 0 N–H and O–H groups in total. The summed E-state index contributed by atoms with van der Waals surface area (Å²) in [5, 5.41) is 0. The van der Waals surface area contributed by atoms with Crippen LogP contribution in [0.2, 0.25) is 0 Å². The van der Waals surface area contributed by atoms with Crippen LogP contribution < -0.4 is 0 Å². The molecular formula is FeNiO2Si. The first-order valence-corrected chi connectivity index (χ1v) is 1.22. The molecule has 0 aromatic carbocycles. The monoisotopic (exact) mass is 174 g/mol. The van der Waals surface area contributed by atoms with Gasteiger partial charge in [0.25, 0.3) is 0 Å². The summed E-state index contributed by atoms with van der Waals surface area (Å²) in [6.45, 7) is 0. The van der Waals surface area contributed by atoms with E-state index >= 15 is 0 Å². The summed E-state index contributed by atoms with van der Waals surface area (Å²) in [7, 11) is -1.42. The Kier molecular flexibility index (Phi) is 71.9. The second-order valence-electron chi connectivity index (χ2n) is 0.0833. The first-order chi connectivity index (χ1) is 1.41. The van der Waals surface area contributed by atoms with E-state index < -0.39 is 9.29 Å². The molecule has 0 bridgehead atoms. The zero-order chi connectivity index (χ0) is 2.71.